The van der Waals surface area contributed by atoms with Crippen molar-refractivity contribution >= 4 is 5.91 Å². The first-order valence-corrected chi connectivity index (χ1v) is 8.08. The molecule has 116 valence electrons. The van der Waals surface area contributed by atoms with Gasteiger partial charge in [-0.3, -0.25) is 4.79 Å². The number of hydrogen-bond donors (Lipinski definition) is 1. The Labute approximate surface area is 128 Å². The largest absolute Gasteiger partial charge is 0.481 e. The molecule has 0 heterocycles. The maximum Gasteiger partial charge on any atom is 0.260 e. The Morgan fingerprint density at radius 2 is 2.00 bits per heavy atom. The van der Waals surface area contributed by atoms with Crippen molar-refractivity contribution in [2.45, 2.75) is 59.0 Å². The Kier molecular flexibility index (Phi) is 5.66. The van der Waals surface area contributed by atoms with Gasteiger partial charge >= 0.3 is 0 Å². The molecule has 0 aromatic heterocycles. The predicted molar refractivity (Wildman–Crippen MR) is 85.6 cm³/mol. The minimum Gasteiger partial charge on any atom is -0.481 e. The molecule has 1 N–H and O–H groups in total. The van der Waals surface area contributed by atoms with Gasteiger partial charge in [0.1, 0.15) is 5.75 Å². The highest BCUT2D eigenvalue weighted by atomic mass is 16.5. The fourth-order valence-electron chi connectivity index (χ4n) is 2.86. The van der Waals surface area contributed by atoms with Gasteiger partial charge in [-0.1, -0.05) is 31.4 Å². The standard InChI is InChI=1S/C18H27NO2/c1-13-9-10-14(2)17(11-13)21-15(3)18(20)19-12-16-7-5-4-6-8-16/h9-11,15-16H,4-8,12H2,1-3H3,(H,19,20). The average molecular weight is 289 g/mol. The van der Waals surface area contributed by atoms with Crippen LogP contribution in [0, 0.1) is 19.8 Å². The van der Waals surface area contributed by atoms with Crippen LogP contribution < -0.4 is 10.1 Å². The fourth-order valence-corrected chi connectivity index (χ4v) is 2.86. The van der Waals surface area contributed by atoms with Crippen LogP contribution in [0.4, 0.5) is 0 Å². The lowest BCUT2D eigenvalue weighted by Gasteiger charge is -2.23. The second-order valence-electron chi connectivity index (χ2n) is 6.28. The molecule has 0 bridgehead atoms. The van der Waals surface area contributed by atoms with Gasteiger partial charge < -0.3 is 10.1 Å². The molecule has 1 amide bonds. The highest BCUT2D eigenvalue weighted by Gasteiger charge is 2.18. The highest BCUT2D eigenvalue weighted by Crippen LogP contribution is 2.23. The second kappa shape index (κ2) is 7.48. The van der Waals surface area contributed by atoms with Crippen LogP contribution in [0.25, 0.3) is 0 Å². The van der Waals surface area contributed by atoms with E-state index >= 15 is 0 Å². The third kappa shape index (κ3) is 4.76. The molecule has 0 aliphatic heterocycles. The van der Waals surface area contributed by atoms with Crippen LogP contribution >= 0.6 is 0 Å². The summed E-state index contributed by atoms with van der Waals surface area (Å²) in [5.74, 6) is 1.44. The lowest BCUT2D eigenvalue weighted by atomic mass is 9.89. The van der Waals surface area contributed by atoms with E-state index in [0.717, 1.165) is 23.4 Å². The molecule has 0 spiro atoms. The van der Waals surface area contributed by atoms with Crippen molar-refractivity contribution < 1.29 is 9.53 Å². The van der Waals surface area contributed by atoms with Gasteiger partial charge in [-0.25, -0.2) is 0 Å². The molecule has 1 unspecified atom stereocenters. The van der Waals surface area contributed by atoms with Gasteiger partial charge in [-0.2, -0.15) is 0 Å². The Morgan fingerprint density at radius 1 is 1.29 bits per heavy atom. The Bertz CT molecular complexity index is 478. The molecule has 1 aromatic carbocycles. The van der Waals surface area contributed by atoms with Gasteiger partial charge in [0.2, 0.25) is 0 Å². The molecule has 2 rings (SSSR count). The number of carbonyl (C=O) groups is 1. The van der Waals surface area contributed by atoms with E-state index in [9.17, 15) is 4.79 Å². The molecule has 0 saturated heterocycles. The number of hydrogen-bond acceptors (Lipinski definition) is 2. The van der Waals surface area contributed by atoms with Crippen molar-refractivity contribution in [2.24, 2.45) is 5.92 Å². The molecule has 21 heavy (non-hydrogen) atoms. The van der Waals surface area contributed by atoms with Crippen molar-refractivity contribution in [1.29, 1.82) is 0 Å². The molecule has 1 saturated carbocycles. The summed E-state index contributed by atoms with van der Waals surface area (Å²) in [6.45, 7) is 6.64. The van der Waals surface area contributed by atoms with Crippen LogP contribution in [0.15, 0.2) is 18.2 Å². The molecular formula is C18H27NO2. The van der Waals surface area contributed by atoms with Crippen LogP contribution in [-0.4, -0.2) is 18.6 Å². The summed E-state index contributed by atoms with van der Waals surface area (Å²) >= 11 is 0. The summed E-state index contributed by atoms with van der Waals surface area (Å²) in [4.78, 5) is 12.2. The van der Waals surface area contributed by atoms with Crippen LogP contribution in [0.3, 0.4) is 0 Å². The first-order valence-electron chi connectivity index (χ1n) is 8.08. The molecule has 1 aromatic rings. The zero-order valence-electron chi connectivity index (χ0n) is 13.4. The number of benzene rings is 1. The fraction of sp³-hybridized carbons (Fsp3) is 0.611. The van der Waals surface area contributed by atoms with Crippen molar-refractivity contribution in [3.8, 4) is 5.75 Å². The summed E-state index contributed by atoms with van der Waals surface area (Å²) < 4.78 is 5.82. The van der Waals surface area contributed by atoms with E-state index in [2.05, 4.69) is 11.4 Å². The molecule has 3 nitrogen and oxygen atoms in total. The van der Waals surface area contributed by atoms with Crippen LogP contribution in [0.1, 0.15) is 50.2 Å². The number of rotatable bonds is 5. The number of amides is 1. The van der Waals surface area contributed by atoms with Gasteiger partial charge in [-0.05, 0) is 56.7 Å². The van der Waals surface area contributed by atoms with Crippen molar-refractivity contribution in [3.05, 3.63) is 29.3 Å². The monoisotopic (exact) mass is 289 g/mol. The molecular weight excluding hydrogens is 262 g/mol. The topological polar surface area (TPSA) is 38.3 Å². The summed E-state index contributed by atoms with van der Waals surface area (Å²) in [6.07, 6.45) is 5.98. The third-order valence-corrected chi connectivity index (χ3v) is 4.31. The lowest BCUT2D eigenvalue weighted by molar-refractivity contribution is -0.127. The van der Waals surface area contributed by atoms with Crippen molar-refractivity contribution in [3.63, 3.8) is 0 Å². The van der Waals surface area contributed by atoms with Crippen LogP contribution in [0.5, 0.6) is 5.75 Å². The maximum absolute atomic E-state index is 12.2. The molecule has 1 atom stereocenters. The number of nitrogens with one attached hydrogen (secondary N) is 1. The molecule has 0 radical (unpaired) electrons. The summed E-state index contributed by atoms with van der Waals surface area (Å²) in [5.41, 5.74) is 2.21. The van der Waals surface area contributed by atoms with E-state index in [1.54, 1.807) is 0 Å². The third-order valence-electron chi connectivity index (χ3n) is 4.31. The van der Waals surface area contributed by atoms with E-state index < -0.39 is 6.10 Å². The Hall–Kier alpha value is -1.51. The minimum absolute atomic E-state index is 0.0125. The van der Waals surface area contributed by atoms with Crippen molar-refractivity contribution in [1.82, 2.24) is 5.32 Å². The lowest BCUT2D eigenvalue weighted by Crippen LogP contribution is -2.39. The first kappa shape index (κ1) is 15.9. The second-order valence-corrected chi connectivity index (χ2v) is 6.28. The normalized spacial score (nSPS) is 17.3. The zero-order chi connectivity index (χ0) is 15.2. The predicted octanol–water partition coefficient (Wildman–Crippen LogP) is 3.77. The average Bonchev–Trinajstić information content (AvgIpc) is 2.49. The van der Waals surface area contributed by atoms with Gasteiger partial charge in [0.05, 0.1) is 0 Å². The van der Waals surface area contributed by atoms with Crippen LogP contribution in [-0.2, 0) is 4.79 Å². The number of aryl methyl sites for hydroxylation is 2. The van der Waals surface area contributed by atoms with Gasteiger partial charge in [-0.15, -0.1) is 0 Å². The first-order chi connectivity index (χ1) is 10.1. The van der Waals surface area contributed by atoms with Crippen LogP contribution in [0.2, 0.25) is 0 Å². The Balaban J connectivity index is 1.82. The maximum atomic E-state index is 12.2. The molecule has 1 aliphatic rings. The van der Waals surface area contributed by atoms with Gasteiger partial charge in [0.15, 0.2) is 6.10 Å². The summed E-state index contributed by atoms with van der Waals surface area (Å²) in [7, 11) is 0. The van der Waals surface area contributed by atoms with Gasteiger partial charge in [0, 0.05) is 6.54 Å². The summed E-state index contributed by atoms with van der Waals surface area (Å²) in [5, 5.41) is 3.04. The molecule has 3 heteroatoms. The van der Waals surface area contributed by atoms with Gasteiger partial charge in [0.25, 0.3) is 5.91 Å². The Morgan fingerprint density at radius 3 is 2.71 bits per heavy atom. The van der Waals surface area contributed by atoms with E-state index in [1.165, 1.54) is 32.1 Å². The highest BCUT2D eigenvalue weighted by molar-refractivity contribution is 5.80. The van der Waals surface area contributed by atoms with E-state index in [4.69, 9.17) is 4.74 Å². The number of ether oxygens (including phenoxy) is 1. The zero-order valence-corrected chi connectivity index (χ0v) is 13.4. The van der Waals surface area contributed by atoms with E-state index in [-0.39, 0.29) is 5.91 Å². The summed E-state index contributed by atoms with van der Waals surface area (Å²) in [6, 6.07) is 6.06. The number of carbonyl (C=O) groups excluding carboxylic acids is 1. The van der Waals surface area contributed by atoms with E-state index in [1.807, 2.05) is 32.9 Å². The quantitative estimate of drug-likeness (QED) is 0.896. The minimum atomic E-state index is -0.450. The molecule has 1 aliphatic carbocycles. The SMILES string of the molecule is Cc1ccc(C)c(OC(C)C(=O)NCC2CCCCC2)c1. The van der Waals surface area contributed by atoms with E-state index in [0.29, 0.717) is 5.92 Å². The molecule has 1 fully saturated rings. The smallest absolute Gasteiger partial charge is 0.260 e. The van der Waals surface area contributed by atoms with Crippen molar-refractivity contribution in [2.75, 3.05) is 6.54 Å².